The summed E-state index contributed by atoms with van der Waals surface area (Å²) in [6.07, 6.45) is 3.58. The van der Waals surface area contributed by atoms with Crippen LogP contribution < -0.4 is 5.90 Å². The molecule has 5 heteroatoms. The maximum atomic E-state index is 11.2. The molecule has 0 aliphatic heterocycles. The minimum atomic E-state index is -0.429. The second-order valence-electron chi connectivity index (χ2n) is 2.81. The van der Waals surface area contributed by atoms with Crippen LogP contribution in [-0.4, -0.2) is 5.97 Å². The highest BCUT2D eigenvalue weighted by molar-refractivity contribution is 5.71. The molecule has 1 atom stereocenters. The molecule has 0 aliphatic carbocycles. The Kier molecular flexibility index (Phi) is 7.57. The molecule has 2 N–H and O–H groups in total. The van der Waals surface area contributed by atoms with Gasteiger partial charge in [0.25, 0.3) is 0 Å². The fourth-order valence-corrected chi connectivity index (χ4v) is 1.06. The normalized spacial score (nSPS) is 12.5. The zero-order valence-corrected chi connectivity index (χ0v) is 8.12. The third-order valence-electron chi connectivity index (χ3n) is 1.89. The molecule has 0 saturated carbocycles. The van der Waals surface area contributed by atoms with Crippen molar-refractivity contribution in [1.29, 1.82) is 0 Å². The van der Waals surface area contributed by atoms with E-state index in [1.807, 2.05) is 6.92 Å². The van der Waals surface area contributed by atoms with E-state index < -0.39 is 5.97 Å². The summed E-state index contributed by atoms with van der Waals surface area (Å²) >= 11 is 0. The molecule has 78 valence electrons. The van der Waals surface area contributed by atoms with Gasteiger partial charge in [-0.3, -0.25) is 4.89 Å². The fraction of sp³-hybridized carbons (Fsp3) is 0.875. The van der Waals surface area contributed by atoms with Crippen molar-refractivity contribution in [3.63, 3.8) is 0 Å². The van der Waals surface area contributed by atoms with Crippen LogP contribution in [-0.2, 0) is 19.7 Å². The first-order valence-corrected chi connectivity index (χ1v) is 4.50. The van der Waals surface area contributed by atoms with Gasteiger partial charge in [0.1, 0.15) is 0 Å². The molecular weight excluding hydrogens is 174 g/mol. The number of hydrogen-bond donors (Lipinski definition) is 1. The Hall–Kier alpha value is -0.650. The second-order valence-corrected chi connectivity index (χ2v) is 2.81. The summed E-state index contributed by atoms with van der Waals surface area (Å²) in [6.45, 7) is 3.99. The van der Waals surface area contributed by atoms with Crippen LogP contribution in [0.15, 0.2) is 0 Å². The molecule has 0 heterocycles. The molecule has 5 nitrogen and oxygen atoms in total. The third-order valence-corrected chi connectivity index (χ3v) is 1.89. The molecule has 0 aromatic carbocycles. The summed E-state index contributed by atoms with van der Waals surface area (Å²) in [6, 6.07) is 0. The van der Waals surface area contributed by atoms with Gasteiger partial charge in [0.15, 0.2) is 0 Å². The van der Waals surface area contributed by atoms with E-state index in [0.29, 0.717) is 0 Å². The zero-order valence-electron chi connectivity index (χ0n) is 8.12. The first kappa shape index (κ1) is 12.3. The van der Waals surface area contributed by atoms with Gasteiger partial charge in [0.2, 0.25) is 0 Å². The smallest absolute Gasteiger partial charge is 0.267 e. The molecule has 0 amide bonds. The van der Waals surface area contributed by atoms with Gasteiger partial charge in [0, 0.05) is 5.04 Å². The molecule has 0 bridgehead atoms. The monoisotopic (exact) mass is 191 g/mol. The Balaban J connectivity index is 3.71. The number of hydrogen-bond acceptors (Lipinski definition) is 5. The van der Waals surface area contributed by atoms with Crippen molar-refractivity contribution in [2.24, 2.45) is 11.8 Å². The van der Waals surface area contributed by atoms with Crippen molar-refractivity contribution in [2.75, 3.05) is 0 Å². The van der Waals surface area contributed by atoms with Crippen LogP contribution in [0.3, 0.4) is 0 Å². The lowest BCUT2D eigenvalue weighted by molar-refractivity contribution is -0.491. The van der Waals surface area contributed by atoms with Crippen molar-refractivity contribution in [1.82, 2.24) is 0 Å². The van der Waals surface area contributed by atoms with Gasteiger partial charge in [0.05, 0.1) is 5.92 Å². The number of unbranched alkanes of at least 4 members (excludes halogenated alkanes) is 1. The molecule has 0 rings (SSSR count). The van der Waals surface area contributed by atoms with Crippen molar-refractivity contribution >= 4 is 5.97 Å². The summed E-state index contributed by atoms with van der Waals surface area (Å²) in [7, 11) is 0. The quantitative estimate of drug-likeness (QED) is 0.487. The average molecular weight is 191 g/mol. The molecule has 0 radical (unpaired) electrons. The Morgan fingerprint density at radius 1 is 1.46 bits per heavy atom. The Labute approximate surface area is 77.9 Å². The van der Waals surface area contributed by atoms with Gasteiger partial charge in [-0.2, -0.15) is 5.90 Å². The van der Waals surface area contributed by atoms with E-state index >= 15 is 0 Å². The number of rotatable bonds is 7. The standard InChI is InChI=1S/C8H17NO4/c1-3-5-6-7(4-2)8(10)11-13-12-9/h7H,3-6,9H2,1-2H3. The minimum absolute atomic E-state index is 0.130. The van der Waals surface area contributed by atoms with Gasteiger partial charge in [-0.1, -0.05) is 26.7 Å². The maximum absolute atomic E-state index is 11.2. The van der Waals surface area contributed by atoms with Crippen LogP contribution in [0.4, 0.5) is 0 Å². The fourth-order valence-electron chi connectivity index (χ4n) is 1.06. The molecule has 0 saturated heterocycles. The summed E-state index contributed by atoms with van der Waals surface area (Å²) in [5.41, 5.74) is 0. The number of nitrogens with two attached hydrogens (primary N) is 1. The lowest BCUT2D eigenvalue weighted by Gasteiger charge is -2.10. The van der Waals surface area contributed by atoms with Crippen LogP contribution in [0.1, 0.15) is 39.5 Å². The number of carbonyl (C=O) groups excluding carboxylic acids is 1. The van der Waals surface area contributed by atoms with Gasteiger partial charge < -0.3 is 0 Å². The maximum Gasteiger partial charge on any atom is 0.348 e. The third kappa shape index (κ3) is 5.57. The molecule has 13 heavy (non-hydrogen) atoms. The summed E-state index contributed by atoms with van der Waals surface area (Å²) < 4.78 is 0. The molecular formula is C8H17NO4. The highest BCUT2D eigenvalue weighted by Crippen LogP contribution is 2.14. The Bertz CT molecular complexity index is 140. The van der Waals surface area contributed by atoms with E-state index in [0.717, 1.165) is 25.7 Å². The molecule has 0 fully saturated rings. The van der Waals surface area contributed by atoms with Crippen LogP contribution in [0, 0.1) is 5.92 Å². The Morgan fingerprint density at radius 3 is 2.62 bits per heavy atom. The highest BCUT2D eigenvalue weighted by Gasteiger charge is 2.18. The largest absolute Gasteiger partial charge is 0.348 e. The summed E-state index contributed by atoms with van der Waals surface area (Å²) in [5.74, 6) is 3.96. The lowest BCUT2D eigenvalue weighted by atomic mass is 10.00. The predicted molar refractivity (Wildman–Crippen MR) is 45.8 cm³/mol. The van der Waals surface area contributed by atoms with Crippen LogP contribution >= 0.6 is 0 Å². The van der Waals surface area contributed by atoms with Gasteiger partial charge >= 0.3 is 5.97 Å². The number of carbonyl (C=O) groups is 1. The minimum Gasteiger partial charge on any atom is -0.267 e. The molecule has 0 spiro atoms. The summed E-state index contributed by atoms with van der Waals surface area (Å²) in [5, 5.41) is 3.89. The average Bonchev–Trinajstić information content (AvgIpc) is 2.16. The molecule has 0 aromatic heterocycles. The van der Waals surface area contributed by atoms with Crippen molar-refractivity contribution in [3.8, 4) is 0 Å². The van der Waals surface area contributed by atoms with E-state index in [1.165, 1.54) is 0 Å². The molecule has 0 aromatic rings. The van der Waals surface area contributed by atoms with Crippen LogP contribution in [0.2, 0.25) is 0 Å². The van der Waals surface area contributed by atoms with Gasteiger partial charge in [-0.15, -0.1) is 4.99 Å². The predicted octanol–water partition coefficient (Wildman–Crippen LogP) is 1.48. The van der Waals surface area contributed by atoms with Crippen LogP contribution in [0.25, 0.3) is 0 Å². The lowest BCUT2D eigenvalue weighted by Crippen LogP contribution is -2.18. The van der Waals surface area contributed by atoms with E-state index in [9.17, 15) is 4.79 Å². The van der Waals surface area contributed by atoms with Crippen molar-refractivity contribution in [3.05, 3.63) is 0 Å². The van der Waals surface area contributed by atoms with Crippen molar-refractivity contribution in [2.45, 2.75) is 39.5 Å². The van der Waals surface area contributed by atoms with Gasteiger partial charge in [-0.25, -0.2) is 4.79 Å². The second kappa shape index (κ2) is 7.97. The topological polar surface area (TPSA) is 70.8 Å². The van der Waals surface area contributed by atoms with E-state index in [4.69, 9.17) is 0 Å². The van der Waals surface area contributed by atoms with E-state index in [2.05, 4.69) is 27.7 Å². The van der Waals surface area contributed by atoms with Crippen molar-refractivity contribution < 1.29 is 19.7 Å². The van der Waals surface area contributed by atoms with Crippen LogP contribution in [0.5, 0.6) is 0 Å². The van der Waals surface area contributed by atoms with E-state index in [1.54, 1.807) is 0 Å². The Morgan fingerprint density at radius 2 is 2.15 bits per heavy atom. The zero-order chi connectivity index (χ0) is 10.1. The molecule has 0 aliphatic rings. The SMILES string of the molecule is CCCCC(CC)C(=O)OOON. The summed E-state index contributed by atoms with van der Waals surface area (Å²) in [4.78, 5) is 19.1. The highest BCUT2D eigenvalue weighted by atomic mass is 17.5. The van der Waals surface area contributed by atoms with E-state index in [-0.39, 0.29) is 5.92 Å². The first-order chi connectivity index (χ1) is 6.26. The van der Waals surface area contributed by atoms with Gasteiger partial charge in [-0.05, 0) is 12.8 Å². The first-order valence-electron chi connectivity index (χ1n) is 4.50. The molecule has 1 unspecified atom stereocenters.